The summed E-state index contributed by atoms with van der Waals surface area (Å²) in [5, 5.41) is 12.2. The van der Waals surface area contributed by atoms with Gasteiger partial charge in [-0.2, -0.15) is 0 Å². The molecule has 32 heavy (non-hydrogen) atoms. The number of hydrogen-bond acceptors (Lipinski definition) is 5. The Hall–Kier alpha value is -3.26. The molecule has 0 radical (unpaired) electrons. The highest BCUT2D eigenvalue weighted by Crippen LogP contribution is 2.33. The predicted octanol–water partition coefficient (Wildman–Crippen LogP) is 4.91. The number of ether oxygens (including phenoxy) is 2. The summed E-state index contributed by atoms with van der Waals surface area (Å²) >= 11 is 6.28. The van der Waals surface area contributed by atoms with Gasteiger partial charge in [0, 0.05) is 29.7 Å². The molecule has 0 spiro atoms. The van der Waals surface area contributed by atoms with Gasteiger partial charge in [-0.1, -0.05) is 24.1 Å². The Labute approximate surface area is 192 Å². The Bertz CT molecular complexity index is 1100. The number of fused-ring (bicyclic) bond motifs is 1. The van der Waals surface area contributed by atoms with Gasteiger partial charge in [0.15, 0.2) is 5.82 Å². The Morgan fingerprint density at radius 2 is 2.00 bits per heavy atom. The smallest absolute Gasteiger partial charge is 0.326 e. The summed E-state index contributed by atoms with van der Waals surface area (Å²) in [4.78, 5) is 15.0. The van der Waals surface area contributed by atoms with Crippen LogP contribution in [-0.2, 0) is 19.5 Å². The summed E-state index contributed by atoms with van der Waals surface area (Å²) in [6.07, 6.45) is 4.21. The summed E-state index contributed by atoms with van der Waals surface area (Å²) in [6, 6.07) is 12.0. The molecule has 4 rings (SSSR count). The second-order valence-electron chi connectivity index (χ2n) is 7.56. The van der Waals surface area contributed by atoms with Gasteiger partial charge in [-0.15, -0.1) is 10.2 Å². The molecular formula is C23H26ClN5O3. The van der Waals surface area contributed by atoms with Crippen molar-refractivity contribution in [1.29, 1.82) is 0 Å². The Balaban J connectivity index is 1.69. The van der Waals surface area contributed by atoms with Crippen LogP contribution >= 0.6 is 11.6 Å². The summed E-state index contributed by atoms with van der Waals surface area (Å²) in [5.41, 5.74) is 1.16. The number of anilines is 2. The zero-order chi connectivity index (χ0) is 22.5. The van der Waals surface area contributed by atoms with Crippen LogP contribution in [0.3, 0.4) is 0 Å². The number of amides is 2. The van der Waals surface area contributed by atoms with Crippen LogP contribution in [0.4, 0.5) is 16.2 Å². The lowest BCUT2D eigenvalue weighted by atomic mass is 10.2. The molecule has 168 valence electrons. The van der Waals surface area contributed by atoms with Crippen LogP contribution in [0.25, 0.3) is 0 Å². The van der Waals surface area contributed by atoms with Crippen LogP contribution in [-0.4, -0.2) is 35.0 Å². The number of carbonyl (C=O) groups is 1. The maximum Gasteiger partial charge on any atom is 0.326 e. The number of hydrogen-bond donors (Lipinski definition) is 1. The van der Waals surface area contributed by atoms with Crippen molar-refractivity contribution in [2.75, 3.05) is 24.4 Å². The quantitative estimate of drug-likeness (QED) is 0.570. The van der Waals surface area contributed by atoms with Crippen molar-refractivity contribution in [1.82, 2.24) is 14.8 Å². The first kappa shape index (κ1) is 22.0. The second-order valence-corrected chi connectivity index (χ2v) is 8.00. The van der Waals surface area contributed by atoms with Crippen molar-refractivity contribution in [2.45, 2.75) is 38.8 Å². The highest BCUT2D eigenvalue weighted by Gasteiger charge is 2.25. The number of rotatable bonds is 6. The SMILES string of the molecule is COc1cccc(NC(=O)N(Cc2nnc3n2CCCCC3)c2cc(Cl)ccc2OC)c1. The van der Waals surface area contributed by atoms with Gasteiger partial charge in [0.05, 0.1) is 26.5 Å². The van der Waals surface area contributed by atoms with E-state index < -0.39 is 0 Å². The molecule has 0 atom stereocenters. The summed E-state index contributed by atoms with van der Waals surface area (Å²) in [7, 11) is 3.15. The lowest BCUT2D eigenvalue weighted by molar-refractivity contribution is 0.256. The van der Waals surface area contributed by atoms with Crippen LogP contribution in [0.1, 0.15) is 30.9 Å². The highest BCUT2D eigenvalue weighted by molar-refractivity contribution is 6.31. The number of carbonyl (C=O) groups excluding carboxylic acids is 1. The largest absolute Gasteiger partial charge is 0.497 e. The molecule has 0 bridgehead atoms. The molecule has 1 N–H and O–H groups in total. The van der Waals surface area contributed by atoms with Gasteiger partial charge in [-0.25, -0.2) is 4.79 Å². The molecule has 2 amide bonds. The maximum atomic E-state index is 13.5. The monoisotopic (exact) mass is 455 g/mol. The summed E-state index contributed by atoms with van der Waals surface area (Å²) in [6.45, 7) is 1.06. The first-order valence-electron chi connectivity index (χ1n) is 10.6. The van der Waals surface area contributed by atoms with Gasteiger partial charge in [0.2, 0.25) is 0 Å². The molecule has 9 heteroatoms. The van der Waals surface area contributed by atoms with Crippen molar-refractivity contribution in [3.05, 3.63) is 59.1 Å². The average molecular weight is 456 g/mol. The van der Waals surface area contributed by atoms with E-state index in [-0.39, 0.29) is 12.6 Å². The Kier molecular flexibility index (Phi) is 6.80. The standard InChI is InChI=1S/C23H26ClN5O3/c1-31-18-8-6-7-17(14-18)25-23(30)29(19-13-16(24)10-11-20(19)32-2)15-22-27-26-21-9-4-3-5-12-28(21)22/h6-8,10-11,13-14H,3-5,9,12,15H2,1-2H3,(H,25,30). The molecular weight excluding hydrogens is 430 g/mol. The van der Waals surface area contributed by atoms with E-state index in [0.717, 1.165) is 43.9 Å². The van der Waals surface area contributed by atoms with Gasteiger partial charge in [-0.05, 0) is 43.2 Å². The third-order valence-corrected chi connectivity index (χ3v) is 5.72. The van der Waals surface area contributed by atoms with E-state index in [1.807, 2.05) is 12.1 Å². The Morgan fingerprint density at radius 1 is 1.12 bits per heavy atom. The molecule has 1 aliphatic heterocycles. The third kappa shape index (κ3) is 4.80. The fraction of sp³-hybridized carbons (Fsp3) is 0.348. The van der Waals surface area contributed by atoms with Gasteiger partial charge < -0.3 is 19.4 Å². The normalized spacial score (nSPS) is 13.1. The molecule has 0 saturated heterocycles. The number of benzene rings is 2. The molecule has 1 aromatic heterocycles. The van der Waals surface area contributed by atoms with Gasteiger partial charge in [0.25, 0.3) is 0 Å². The third-order valence-electron chi connectivity index (χ3n) is 5.48. The molecule has 0 fully saturated rings. The molecule has 0 saturated carbocycles. The van der Waals surface area contributed by atoms with Gasteiger partial charge >= 0.3 is 6.03 Å². The minimum Gasteiger partial charge on any atom is -0.497 e. The summed E-state index contributed by atoms with van der Waals surface area (Å²) < 4.78 is 12.9. The predicted molar refractivity (Wildman–Crippen MR) is 124 cm³/mol. The van der Waals surface area contributed by atoms with Crippen LogP contribution < -0.4 is 19.7 Å². The second kappa shape index (κ2) is 9.91. The highest BCUT2D eigenvalue weighted by atomic mass is 35.5. The van der Waals surface area contributed by atoms with E-state index in [2.05, 4.69) is 20.1 Å². The number of methoxy groups -OCH3 is 2. The first-order chi connectivity index (χ1) is 15.6. The van der Waals surface area contributed by atoms with Crippen molar-refractivity contribution in [3.63, 3.8) is 0 Å². The van der Waals surface area contributed by atoms with Crippen molar-refractivity contribution < 1.29 is 14.3 Å². The van der Waals surface area contributed by atoms with E-state index >= 15 is 0 Å². The molecule has 8 nitrogen and oxygen atoms in total. The number of nitrogens with one attached hydrogen (secondary N) is 1. The number of aromatic nitrogens is 3. The lowest BCUT2D eigenvalue weighted by Gasteiger charge is -2.25. The summed E-state index contributed by atoms with van der Waals surface area (Å²) in [5.74, 6) is 2.87. The zero-order valence-electron chi connectivity index (χ0n) is 18.2. The number of halogens is 1. The van der Waals surface area contributed by atoms with Crippen LogP contribution in [0, 0.1) is 0 Å². The van der Waals surface area contributed by atoms with E-state index in [4.69, 9.17) is 21.1 Å². The van der Waals surface area contributed by atoms with Crippen LogP contribution in [0.5, 0.6) is 11.5 Å². The number of aryl methyl sites for hydroxylation is 1. The molecule has 1 aliphatic rings. The zero-order valence-corrected chi connectivity index (χ0v) is 18.9. The van der Waals surface area contributed by atoms with Gasteiger partial charge in [0.1, 0.15) is 17.3 Å². The molecule has 0 aliphatic carbocycles. The van der Waals surface area contributed by atoms with Crippen LogP contribution in [0.2, 0.25) is 5.02 Å². The Morgan fingerprint density at radius 3 is 2.81 bits per heavy atom. The molecule has 3 aromatic rings. The van der Waals surface area contributed by atoms with E-state index in [1.54, 1.807) is 49.5 Å². The minimum absolute atomic E-state index is 0.222. The minimum atomic E-state index is -0.343. The average Bonchev–Trinajstić information content (AvgIpc) is 3.02. The fourth-order valence-electron chi connectivity index (χ4n) is 3.84. The molecule has 2 aromatic carbocycles. The van der Waals surface area contributed by atoms with E-state index in [9.17, 15) is 4.79 Å². The van der Waals surface area contributed by atoms with E-state index in [0.29, 0.717) is 27.9 Å². The van der Waals surface area contributed by atoms with Gasteiger partial charge in [-0.3, -0.25) is 4.90 Å². The maximum absolute atomic E-state index is 13.5. The first-order valence-corrected chi connectivity index (χ1v) is 10.9. The lowest BCUT2D eigenvalue weighted by Crippen LogP contribution is -2.36. The topological polar surface area (TPSA) is 81.5 Å². The molecule has 2 heterocycles. The van der Waals surface area contributed by atoms with Crippen molar-refractivity contribution >= 4 is 29.0 Å². The molecule has 0 unspecified atom stereocenters. The number of urea groups is 1. The van der Waals surface area contributed by atoms with Crippen molar-refractivity contribution in [3.8, 4) is 11.5 Å². The van der Waals surface area contributed by atoms with Crippen molar-refractivity contribution in [2.24, 2.45) is 0 Å². The van der Waals surface area contributed by atoms with E-state index in [1.165, 1.54) is 0 Å². The number of nitrogens with zero attached hydrogens (tertiary/aromatic N) is 4. The van der Waals surface area contributed by atoms with Crippen LogP contribution in [0.15, 0.2) is 42.5 Å². The fourth-order valence-corrected chi connectivity index (χ4v) is 4.00.